The van der Waals surface area contributed by atoms with Crippen molar-refractivity contribution >= 4 is 17.3 Å². The monoisotopic (exact) mass is 232 g/mol. The Hall–Kier alpha value is -1.68. The van der Waals surface area contributed by atoms with Gasteiger partial charge in [0.2, 0.25) is 0 Å². The molecule has 0 saturated carbocycles. The zero-order valence-corrected chi connectivity index (χ0v) is 10.00. The van der Waals surface area contributed by atoms with E-state index in [0.717, 1.165) is 11.4 Å². The van der Waals surface area contributed by atoms with E-state index in [0.29, 0.717) is 6.42 Å². The van der Waals surface area contributed by atoms with Crippen LogP contribution in [0.3, 0.4) is 0 Å². The Bertz CT molecular complexity index is 440. The number of carbonyl (C=O) groups excluding carboxylic acids is 1. The lowest BCUT2D eigenvalue weighted by molar-refractivity contribution is -0.120. The molecular formula is C13H16N2O2. The summed E-state index contributed by atoms with van der Waals surface area (Å²) in [6.07, 6.45) is -0.0675. The third kappa shape index (κ3) is 2.36. The lowest BCUT2D eigenvalue weighted by Gasteiger charge is -2.15. The zero-order valence-electron chi connectivity index (χ0n) is 10.00. The molecule has 1 amide bonds. The van der Waals surface area contributed by atoms with E-state index in [4.69, 9.17) is 0 Å². The minimum Gasteiger partial charge on any atom is -0.393 e. The molecule has 0 aromatic heterocycles. The summed E-state index contributed by atoms with van der Waals surface area (Å²) >= 11 is 0. The van der Waals surface area contributed by atoms with Crippen molar-refractivity contribution in [3.8, 4) is 0 Å². The average Bonchev–Trinajstić information content (AvgIpc) is 2.58. The van der Waals surface area contributed by atoms with E-state index in [1.54, 1.807) is 6.92 Å². The number of anilines is 1. The highest BCUT2D eigenvalue weighted by molar-refractivity contribution is 6.14. The van der Waals surface area contributed by atoms with Crippen LogP contribution in [-0.4, -0.2) is 22.8 Å². The molecule has 0 saturated heterocycles. The highest BCUT2D eigenvalue weighted by Gasteiger charge is 2.34. The average molecular weight is 232 g/mol. The first-order valence-corrected chi connectivity index (χ1v) is 5.72. The molecule has 1 aliphatic heterocycles. The Morgan fingerprint density at radius 2 is 2.06 bits per heavy atom. The second-order valence-corrected chi connectivity index (χ2v) is 4.36. The largest absolute Gasteiger partial charge is 0.393 e. The smallest absolute Gasteiger partial charge is 0.256 e. The summed E-state index contributed by atoms with van der Waals surface area (Å²) in [5.41, 5.74) is 1.53. The number of carbonyl (C=O) groups is 1. The molecule has 2 rings (SSSR count). The molecular weight excluding hydrogens is 216 g/mol. The maximum absolute atomic E-state index is 12.2. The zero-order chi connectivity index (χ0) is 12.4. The molecule has 1 aliphatic rings. The number of benzene rings is 1. The van der Waals surface area contributed by atoms with E-state index >= 15 is 0 Å². The van der Waals surface area contributed by atoms with Crippen LogP contribution in [0, 0.1) is 5.92 Å². The Morgan fingerprint density at radius 3 is 2.65 bits per heavy atom. The molecule has 90 valence electrons. The minimum absolute atomic E-state index is 0.0606. The normalized spacial score (nSPS) is 21.6. The second kappa shape index (κ2) is 4.67. The van der Waals surface area contributed by atoms with Crippen LogP contribution < -0.4 is 5.01 Å². The quantitative estimate of drug-likeness (QED) is 0.863. The summed E-state index contributed by atoms with van der Waals surface area (Å²) in [5.74, 6) is -0.357. The Balaban J connectivity index is 2.22. The molecule has 0 bridgehead atoms. The SMILES string of the molecule is CC1=NN(c2ccccc2)C(=O)C1C[C@@H](C)O. The Kier molecular flexibility index (Phi) is 3.24. The van der Waals surface area contributed by atoms with Gasteiger partial charge in [-0.1, -0.05) is 18.2 Å². The van der Waals surface area contributed by atoms with E-state index in [-0.39, 0.29) is 11.8 Å². The van der Waals surface area contributed by atoms with Crippen molar-refractivity contribution < 1.29 is 9.90 Å². The highest BCUT2D eigenvalue weighted by Crippen LogP contribution is 2.25. The summed E-state index contributed by atoms with van der Waals surface area (Å²) in [6, 6.07) is 9.33. The first-order chi connectivity index (χ1) is 8.09. The number of rotatable bonds is 3. The van der Waals surface area contributed by atoms with E-state index < -0.39 is 6.10 Å². The van der Waals surface area contributed by atoms with Gasteiger partial charge in [0.25, 0.3) is 5.91 Å². The summed E-state index contributed by atoms with van der Waals surface area (Å²) in [7, 11) is 0. The molecule has 0 fully saturated rings. The summed E-state index contributed by atoms with van der Waals surface area (Å²) in [4.78, 5) is 12.2. The van der Waals surface area contributed by atoms with Crippen molar-refractivity contribution in [2.24, 2.45) is 11.0 Å². The lowest BCUT2D eigenvalue weighted by Crippen LogP contribution is -2.29. The van der Waals surface area contributed by atoms with Gasteiger partial charge in [-0.2, -0.15) is 5.10 Å². The van der Waals surface area contributed by atoms with Gasteiger partial charge in [-0.15, -0.1) is 0 Å². The number of aliphatic hydroxyl groups is 1. The fraction of sp³-hybridized carbons (Fsp3) is 0.385. The van der Waals surface area contributed by atoms with Gasteiger partial charge in [0.05, 0.1) is 17.7 Å². The van der Waals surface area contributed by atoms with Gasteiger partial charge in [0.15, 0.2) is 0 Å². The lowest BCUT2D eigenvalue weighted by atomic mass is 9.97. The predicted octanol–water partition coefficient (Wildman–Crippen LogP) is 1.80. The molecule has 1 unspecified atom stereocenters. The van der Waals surface area contributed by atoms with Gasteiger partial charge < -0.3 is 5.11 Å². The summed E-state index contributed by atoms with van der Waals surface area (Å²) < 4.78 is 0. The van der Waals surface area contributed by atoms with E-state index in [1.807, 2.05) is 37.3 Å². The van der Waals surface area contributed by atoms with Crippen molar-refractivity contribution in [1.82, 2.24) is 0 Å². The maximum Gasteiger partial charge on any atom is 0.256 e. The molecule has 0 spiro atoms. The minimum atomic E-state index is -0.496. The van der Waals surface area contributed by atoms with Crippen molar-refractivity contribution in [1.29, 1.82) is 0 Å². The van der Waals surface area contributed by atoms with Gasteiger partial charge in [0.1, 0.15) is 0 Å². The van der Waals surface area contributed by atoms with Crippen LogP contribution >= 0.6 is 0 Å². The number of para-hydroxylation sites is 1. The van der Waals surface area contributed by atoms with E-state index in [1.165, 1.54) is 5.01 Å². The van der Waals surface area contributed by atoms with Crippen LogP contribution in [0.25, 0.3) is 0 Å². The van der Waals surface area contributed by atoms with Crippen molar-refractivity contribution in [2.75, 3.05) is 5.01 Å². The van der Waals surface area contributed by atoms with E-state index in [9.17, 15) is 9.90 Å². The van der Waals surface area contributed by atoms with Crippen LogP contribution in [0.1, 0.15) is 20.3 Å². The van der Waals surface area contributed by atoms with Crippen molar-refractivity contribution in [2.45, 2.75) is 26.4 Å². The Morgan fingerprint density at radius 1 is 1.41 bits per heavy atom. The second-order valence-electron chi connectivity index (χ2n) is 4.36. The van der Waals surface area contributed by atoms with Crippen LogP contribution in [0.15, 0.2) is 35.4 Å². The van der Waals surface area contributed by atoms with Crippen LogP contribution in [-0.2, 0) is 4.79 Å². The highest BCUT2D eigenvalue weighted by atomic mass is 16.3. The fourth-order valence-corrected chi connectivity index (χ4v) is 1.97. The van der Waals surface area contributed by atoms with Crippen molar-refractivity contribution in [3.05, 3.63) is 30.3 Å². The topological polar surface area (TPSA) is 52.9 Å². The number of hydrogen-bond donors (Lipinski definition) is 1. The third-order valence-corrected chi connectivity index (χ3v) is 2.85. The molecule has 0 aliphatic carbocycles. The van der Waals surface area contributed by atoms with Crippen LogP contribution in [0.5, 0.6) is 0 Å². The van der Waals surface area contributed by atoms with Gasteiger partial charge in [-0.3, -0.25) is 4.79 Å². The predicted molar refractivity (Wildman–Crippen MR) is 66.8 cm³/mol. The fourth-order valence-electron chi connectivity index (χ4n) is 1.97. The van der Waals surface area contributed by atoms with Crippen LogP contribution in [0.2, 0.25) is 0 Å². The number of hydrazone groups is 1. The van der Waals surface area contributed by atoms with Gasteiger partial charge in [-0.05, 0) is 32.4 Å². The summed E-state index contributed by atoms with van der Waals surface area (Å²) in [6.45, 7) is 3.51. The molecule has 1 heterocycles. The Labute approximate surface area is 101 Å². The van der Waals surface area contributed by atoms with Gasteiger partial charge >= 0.3 is 0 Å². The van der Waals surface area contributed by atoms with Gasteiger partial charge in [0, 0.05) is 5.71 Å². The molecule has 17 heavy (non-hydrogen) atoms. The van der Waals surface area contributed by atoms with Crippen LogP contribution in [0.4, 0.5) is 5.69 Å². The molecule has 1 N–H and O–H groups in total. The molecule has 2 atom stereocenters. The number of nitrogens with zero attached hydrogens (tertiary/aromatic N) is 2. The first-order valence-electron chi connectivity index (χ1n) is 5.72. The number of hydrogen-bond acceptors (Lipinski definition) is 3. The molecule has 1 aromatic rings. The van der Waals surface area contributed by atoms with Gasteiger partial charge in [-0.25, -0.2) is 5.01 Å². The molecule has 0 radical (unpaired) electrons. The molecule has 4 nitrogen and oxygen atoms in total. The standard InChI is InChI=1S/C13H16N2O2/c1-9(16)8-12-10(2)14-15(13(12)17)11-6-4-3-5-7-11/h3-7,9,12,16H,8H2,1-2H3/t9-,12?/m1/s1. The maximum atomic E-state index is 12.2. The number of aliphatic hydroxyl groups excluding tert-OH is 1. The third-order valence-electron chi connectivity index (χ3n) is 2.85. The van der Waals surface area contributed by atoms with Crippen molar-refractivity contribution in [3.63, 3.8) is 0 Å². The first kappa shape index (κ1) is 11.8. The number of amides is 1. The molecule has 1 aromatic carbocycles. The molecule has 4 heteroatoms. The van der Waals surface area contributed by atoms with E-state index in [2.05, 4.69) is 5.10 Å². The summed E-state index contributed by atoms with van der Waals surface area (Å²) in [5, 5.41) is 15.1.